The molecule has 0 spiro atoms. The van der Waals surface area contributed by atoms with Crippen LogP contribution in [0.4, 0.5) is 5.69 Å². The summed E-state index contributed by atoms with van der Waals surface area (Å²) in [5, 5.41) is 0. The molecule has 2 rings (SSSR count). The maximum absolute atomic E-state index is 5.45. The number of hydrogen-bond donors (Lipinski definition) is 0. The molecule has 0 aromatic heterocycles. The molecule has 1 aliphatic rings. The molecule has 1 aromatic carbocycles. The van der Waals surface area contributed by atoms with Gasteiger partial charge in [-0.3, -0.25) is 0 Å². The Labute approximate surface area is 114 Å². The lowest BCUT2D eigenvalue weighted by molar-refractivity contribution is -0.403. The van der Waals surface area contributed by atoms with E-state index >= 15 is 0 Å². The normalized spacial score (nSPS) is 16.8. The third-order valence-electron chi connectivity index (χ3n) is 3.62. The minimum absolute atomic E-state index is 0. The van der Waals surface area contributed by atoms with Crippen LogP contribution in [0.5, 0.6) is 5.75 Å². The van der Waals surface area contributed by atoms with Gasteiger partial charge in [0.1, 0.15) is 12.8 Å². The minimum Gasteiger partial charge on any atom is -1.00 e. The molecule has 0 unspecified atom stereocenters. The van der Waals surface area contributed by atoms with Crippen LogP contribution in [0.2, 0.25) is 0 Å². The monoisotopic (exact) mass is 331 g/mol. The van der Waals surface area contributed by atoms with E-state index in [0.717, 1.165) is 5.75 Å². The van der Waals surface area contributed by atoms with Gasteiger partial charge in [0.15, 0.2) is 5.71 Å². The molecule has 0 bridgehead atoms. The van der Waals surface area contributed by atoms with E-state index in [4.69, 9.17) is 4.74 Å². The average molecular weight is 331 g/mol. The van der Waals surface area contributed by atoms with E-state index in [1.807, 2.05) is 12.1 Å². The van der Waals surface area contributed by atoms with Crippen LogP contribution in [0.25, 0.3) is 0 Å². The van der Waals surface area contributed by atoms with Crippen molar-refractivity contribution in [3.05, 3.63) is 23.8 Å². The van der Waals surface area contributed by atoms with Crippen LogP contribution in [0.3, 0.4) is 0 Å². The first-order valence-electron chi connectivity index (χ1n) is 5.25. The average Bonchev–Trinajstić information content (AvgIpc) is 2.41. The van der Waals surface area contributed by atoms with E-state index in [9.17, 15) is 0 Å². The van der Waals surface area contributed by atoms with Gasteiger partial charge in [0, 0.05) is 13.0 Å². The van der Waals surface area contributed by atoms with E-state index in [0.29, 0.717) is 0 Å². The number of benzene rings is 1. The van der Waals surface area contributed by atoms with E-state index in [1.54, 1.807) is 7.11 Å². The number of rotatable bonds is 1. The fraction of sp³-hybridized carbons (Fsp3) is 0.462. The Balaban J connectivity index is 0.00000128. The molecule has 0 fully saturated rings. The van der Waals surface area contributed by atoms with Crippen LogP contribution >= 0.6 is 0 Å². The molecule has 0 saturated carbocycles. The summed E-state index contributed by atoms with van der Waals surface area (Å²) in [6.45, 7) is 6.67. The van der Waals surface area contributed by atoms with Crippen molar-refractivity contribution in [1.29, 1.82) is 0 Å². The first kappa shape index (κ1) is 13.5. The minimum atomic E-state index is 0. The zero-order valence-corrected chi connectivity index (χ0v) is 12.6. The Bertz CT molecular complexity index is 449. The molecule has 0 N–H and O–H groups in total. The van der Waals surface area contributed by atoms with Crippen molar-refractivity contribution in [2.45, 2.75) is 26.2 Å². The second kappa shape index (κ2) is 4.35. The maximum Gasteiger partial charge on any atom is 0.213 e. The Kier molecular flexibility index (Phi) is 3.67. The smallest absolute Gasteiger partial charge is 0.213 e. The summed E-state index contributed by atoms with van der Waals surface area (Å²) in [6, 6.07) is 6.23. The van der Waals surface area contributed by atoms with Crippen molar-refractivity contribution < 1.29 is 33.3 Å². The van der Waals surface area contributed by atoms with Gasteiger partial charge >= 0.3 is 0 Å². The number of hydrogen-bond acceptors (Lipinski definition) is 1. The Morgan fingerprint density at radius 2 is 1.88 bits per heavy atom. The number of halogens is 1. The van der Waals surface area contributed by atoms with E-state index < -0.39 is 0 Å². The van der Waals surface area contributed by atoms with Crippen molar-refractivity contribution in [1.82, 2.24) is 0 Å². The second-order valence-corrected chi connectivity index (χ2v) is 4.62. The van der Waals surface area contributed by atoms with Crippen molar-refractivity contribution >= 4 is 11.4 Å². The van der Waals surface area contributed by atoms with Crippen molar-refractivity contribution in [3.8, 4) is 5.75 Å². The van der Waals surface area contributed by atoms with Gasteiger partial charge in [-0.25, -0.2) is 4.58 Å². The third-order valence-corrected chi connectivity index (χ3v) is 3.62. The van der Waals surface area contributed by atoms with E-state index in [-0.39, 0.29) is 29.4 Å². The van der Waals surface area contributed by atoms with Crippen LogP contribution in [0.1, 0.15) is 26.3 Å². The van der Waals surface area contributed by atoms with Gasteiger partial charge in [0.05, 0.1) is 18.1 Å². The Morgan fingerprint density at radius 1 is 1.25 bits per heavy atom. The van der Waals surface area contributed by atoms with Gasteiger partial charge < -0.3 is 28.7 Å². The van der Waals surface area contributed by atoms with Crippen molar-refractivity contribution in [2.75, 3.05) is 14.2 Å². The van der Waals surface area contributed by atoms with Gasteiger partial charge in [-0.1, -0.05) is 6.07 Å². The van der Waals surface area contributed by atoms with Crippen molar-refractivity contribution in [2.24, 2.45) is 0 Å². The highest BCUT2D eigenvalue weighted by atomic mass is 127. The summed E-state index contributed by atoms with van der Waals surface area (Å²) >= 11 is 0. The highest BCUT2D eigenvalue weighted by Crippen LogP contribution is 2.43. The van der Waals surface area contributed by atoms with Crippen LogP contribution in [-0.4, -0.2) is 24.4 Å². The molecule has 1 aromatic rings. The summed E-state index contributed by atoms with van der Waals surface area (Å²) in [7, 11) is 3.85. The van der Waals surface area contributed by atoms with Gasteiger partial charge in [-0.05, 0) is 19.9 Å². The molecular formula is C13H18INO. The molecule has 0 atom stereocenters. The predicted octanol–water partition coefficient (Wildman–Crippen LogP) is -0.275. The van der Waals surface area contributed by atoms with Crippen LogP contribution < -0.4 is 28.7 Å². The first-order chi connectivity index (χ1) is 7.00. The van der Waals surface area contributed by atoms with Gasteiger partial charge in [0.25, 0.3) is 0 Å². The molecular weight excluding hydrogens is 313 g/mol. The lowest BCUT2D eigenvalue weighted by Gasteiger charge is -2.17. The highest BCUT2D eigenvalue weighted by molar-refractivity contribution is 5.94. The fourth-order valence-electron chi connectivity index (χ4n) is 2.38. The highest BCUT2D eigenvalue weighted by Gasteiger charge is 2.43. The van der Waals surface area contributed by atoms with Crippen LogP contribution in [0, 0.1) is 0 Å². The number of methoxy groups -OCH3 is 1. The summed E-state index contributed by atoms with van der Waals surface area (Å²) in [5.41, 5.74) is 3.99. The maximum atomic E-state index is 5.45. The largest absolute Gasteiger partial charge is 1.00 e. The van der Waals surface area contributed by atoms with Gasteiger partial charge in [-0.2, -0.15) is 0 Å². The van der Waals surface area contributed by atoms with E-state index in [1.165, 1.54) is 17.0 Å². The molecule has 88 valence electrons. The summed E-state index contributed by atoms with van der Waals surface area (Å²) in [6.07, 6.45) is 0. The van der Waals surface area contributed by atoms with Crippen molar-refractivity contribution in [3.63, 3.8) is 0 Å². The zero-order chi connectivity index (χ0) is 11.2. The van der Waals surface area contributed by atoms with Gasteiger partial charge in [-0.15, -0.1) is 0 Å². The third kappa shape index (κ3) is 1.65. The standard InChI is InChI=1S/C13H18NO.HI/c1-9-13(2,3)12-10(14(9)4)7-6-8-11(12)15-5;/h6-8H,1-5H3;1H/q+1;/p-1. The first-order valence-corrected chi connectivity index (χ1v) is 5.25. The fourth-order valence-corrected chi connectivity index (χ4v) is 2.38. The number of ether oxygens (including phenoxy) is 1. The Morgan fingerprint density at radius 3 is 2.44 bits per heavy atom. The predicted molar refractivity (Wildman–Crippen MR) is 62.5 cm³/mol. The molecule has 0 radical (unpaired) electrons. The second-order valence-electron chi connectivity index (χ2n) is 4.62. The summed E-state index contributed by atoms with van der Waals surface area (Å²) in [4.78, 5) is 0. The number of fused-ring (bicyclic) bond motifs is 1. The molecule has 1 aliphatic heterocycles. The molecule has 0 aliphatic carbocycles. The molecule has 0 amide bonds. The number of nitrogens with zero attached hydrogens (tertiary/aromatic N) is 1. The molecule has 0 saturated heterocycles. The van der Waals surface area contributed by atoms with Crippen LogP contribution in [0.15, 0.2) is 18.2 Å². The molecule has 1 heterocycles. The summed E-state index contributed by atoms with van der Waals surface area (Å²) in [5.74, 6) is 0.987. The lowest BCUT2D eigenvalue weighted by Crippen LogP contribution is -3.00. The topological polar surface area (TPSA) is 12.2 Å². The SMILES string of the molecule is COc1cccc2c1C(C)(C)C(C)=[N+]2C.[I-]. The molecule has 3 heteroatoms. The van der Waals surface area contributed by atoms with Crippen LogP contribution in [-0.2, 0) is 5.41 Å². The summed E-state index contributed by atoms with van der Waals surface area (Å²) < 4.78 is 7.70. The van der Waals surface area contributed by atoms with Gasteiger partial charge in [0.2, 0.25) is 5.69 Å². The van der Waals surface area contributed by atoms with E-state index in [2.05, 4.69) is 38.5 Å². The quantitative estimate of drug-likeness (QED) is 0.510. The molecule has 2 nitrogen and oxygen atoms in total. The molecule has 16 heavy (non-hydrogen) atoms. The lowest BCUT2D eigenvalue weighted by atomic mass is 9.82. The Hall–Kier alpha value is -0.580. The zero-order valence-electron chi connectivity index (χ0n) is 10.5.